The van der Waals surface area contributed by atoms with E-state index < -0.39 is 10.3 Å². The molecule has 6 heteroatoms. The van der Waals surface area contributed by atoms with Crippen LogP contribution in [-0.2, 0) is 4.79 Å². The summed E-state index contributed by atoms with van der Waals surface area (Å²) in [6, 6.07) is 4.46. The Hall–Kier alpha value is -1.95. The molecule has 1 saturated carbocycles. The standard InChI is InChI=1S/C14H19N3O3/c1-9-5-6-11(17(19)20)10(8-9)16-13(18)14(2)7-3-4-12(14)15/h5-6,8,12H,3-4,7,15H2,1-2H3,(H,16,18). The molecule has 0 bridgehead atoms. The quantitative estimate of drug-likeness (QED) is 0.654. The molecule has 0 aromatic heterocycles. The van der Waals surface area contributed by atoms with Crippen LogP contribution in [0.5, 0.6) is 0 Å². The summed E-state index contributed by atoms with van der Waals surface area (Å²) in [7, 11) is 0. The second kappa shape index (κ2) is 5.20. The zero-order valence-electron chi connectivity index (χ0n) is 11.7. The second-order valence-corrected chi connectivity index (χ2v) is 5.65. The first kappa shape index (κ1) is 14.5. The van der Waals surface area contributed by atoms with Gasteiger partial charge in [-0.1, -0.05) is 12.5 Å². The Morgan fingerprint density at radius 3 is 2.80 bits per heavy atom. The van der Waals surface area contributed by atoms with Crippen LogP contribution < -0.4 is 11.1 Å². The lowest BCUT2D eigenvalue weighted by Crippen LogP contribution is -2.44. The van der Waals surface area contributed by atoms with Gasteiger partial charge in [-0.15, -0.1) is 0 Å². The molecule has 0 saturated heterocycles. The lowest BCUT2D eigenvalue weighted by atomic mass is 9.84. The van der Waals surface area contributed by atoms with E-state index in [-0.39, 0.29) is 23.3 Å². The summed E-state index contributed by atoms with van der Waals surface area (Å²) in [5, 5.41) is 13.7. The van der Waals surface area contributed by atoms with Gasteiger partial charge in [0.25, 0.3) is 5.69 Å². The van der Waals surface area contributed by atoms with Gasteiger partial charge < -0.3 is 11.1 Å². The molecule has 2 atom stereocenters. The zero-order chi connectivity index (χ0) is 14.9. The summed E-state index contributed by atoms with van der Waals surface area (Å²) in [6.07, 6.45) is 2.42. The number of amides is 1. The molecule has 1 aliphatic carbocycles. The fourth-order valence-corrected chi connectivity index (χ4v) is 2.65. The Morgan fingerprint density at radius 1 is 1.55 bits per heavy atom. The van der Waals surface area contributed by atoms with Crippen LogP contribution in [0.25, 0.3) is 0 Å². The smallest absolute Gasteiger partial charge is 0.292 e. The number of nitro groups is 1. The molecule has 0 spiro atoms. The number of carbonyl (C=O) groups is 1. The Balaban J connectivity index is 2.28. The molecule has 2 rings (SSSR count). The fourth-order valence-electron chi connectivity index (χ4n) is 2.65. The number of aryl methyl sites for hydroxylation is 1. The van der Waals surface area contributed by atoms with Crippen molar-refractivity contribution in [3.8, 4) is 0 Å². The van der Waals surface area contributed by atoms with Gasteiger partial charge >= 0.3 is 0 Å². The van der Waals surface area contributed by atoms with Crippen molar-refractivity contribution in [2.24, 2.45) is 11.1 Å². The average Bonchev–Trinajstić information content (AvgIpc) is 2.70. The molecule has 1 amide bonds. The summed E-state index contributed by atoms with van der Waals surface area (Å²) in [5.74, 6) is -0.240. The summed E-state index contributed by atoms with van der Waals surface area (Å²) in [6.45, 7) is 3.64. The van der Waals surface area contributed by atoms with E-state index in [9.17, 15) is 14.9 Å². The van der Waals surface area contributed by atoms with Gasteiger partial charge in [-0.25, -0.2) is 0 Å². The van der Waals surface area contributed by atoms with Crippen molar-refractivity contribution in [2.75, 3.05) is 5.32 Å². The number of nitro benzene ring substituents is 1. The molecule has 1 aromatic rings. The molecular formula is C14H19N3O3. The predicted molar refractivity (Wildman–Crippen MR) is 76.4 cm³/mol. The van der Waals surface area contributed by atoms with Gasteiger partial charge in [0, 0.05) is 12.1 Å². The second-order valence-electron chi connectivity index (χ2n) is 5.65. The molecule has 20 heavy (non-hydrogen) atoms. The van der Waals surface area contributed by atoms with E-state index in [1.165, 1.54) is 6.07 Å². The van der Waals surface area contributed by atoms with Crippen molar-refractivity contribution in [1.29, 1.82) is 0 Å². The Morgan fingerprint density at radius 2 is 2.25 bits per heavy atom. The van der Waals surface area contributed by atoms with Crippen LogP contribution in [-0.4, -0.2) is 16.9 Å². The highest BCUT2D eigenvalue weighted by molar-refractivity contribution is 5.97. The van der Waals surface area contributed by atoms with Crippen LogP contribution in [0, 0.1) is 22.5 Å². The van der Waals surface area contributed by atoms with Crippen LogP contribution in [0.2, 0.25) is 0 Å². The van der Waals surface area contributed by atoms with Crippen molar-refractivity contribution < 1.29 is 9.72 Å². The van der Waals surface area contributed by atoms with Crippen molar-refractivity contribution in [1.82, 2.24) is 0 Å². The van der Waals surface area contributed by atoms with Crippen LogP contribution in [0.1, 0.15) is 31.7 Å². The number of hydrogen-bond acceptors (Lipinski definition) is 4. The molecule has 0 heterocycles. The maximum atomic E-state index is 12.4. The summed E-state index contributed by atoms with van der Waals surface area (Å²) >= 11 is 0. The van der Waals surface area contributed by atoms with E-state index >= 15 is 0 Å². The van der Waals surface area contributed by atoms with Gasteiger partial charge in [-0.2, -0.15) is 0 Å². The lowest BCUT2D eigenvalue weighted by Gasteiger charge is -2.27. The maximum Gasteiger partial charge on any atom is 0.292 e. The lowest BCUT2D eigenvalue weighted by molar-refractivity contribution is -0.383. The number of hydrogen-bond donors (Lipinski definition) is 2. The van der Waals surface area contributed by atoms with E-state index in [0.29, 0.717) is 6.42 Å². The minimum atomic E-state index is -0.655. The number of nitrogens with zero attached hydrogens (tertiary/aromatic N) is 1. The van der Waals surface area contributed by atoms with E-state index in [1.54, 1.807) is 12.1 Å². The number of nitrogens with two attached hydrogens (primary N) is 1. The van der Waals surface area contributed by atoms with Crippen LogP contribution in [0.3, 0.4) is 0 Å². The highest BCUT2D eigenvalue weighted by atomic mass is 16.6. The average molecular weight is 277 g/mol. The molecule has 108 valence electrons. The van der Waals surface area contributed by atoms with Gasteiger partial charge in [0.1, 0.15) is 5.69 Å². The normalized spacial score (nSPS) is 25.4. The largest absolute Gasteiger partial charge is 0.327 e. The third-order valence-electron chi connectivity index (χ3n) is 4.15. The van der Waals surface area contributed by atoms with Gasteiger partial charge in [0.05, 0.1) is 10.3 Å². The number of benzene rings is 1. The maximum absolute atomic E-state index is 12.4. The molecule has 3 N–H and O–H groups in total. The Labute approximate surface area is 117 Å². The number of nitrogens with one attached hydrogen (secondary N) is 1. The van der Waals surface area contributed by atoms with Crippen molar-refractivity contribution in [3.63, 3.8) is 0 Å². The molecule has 6 nitrogen and oxygen atoms in total. The zero-order valence-corrected chi connectivity index (χ0v) is 11.7. The third-order valence-corrected chi connectivity index (χ3v) is 4.15. The van der Waals surface area contributed by atoms with E-state index in [2.05, 4.69) is 5.32 Å². The number of carbonyl (C=O) groups excluding carboxylic acids is 1. The molecule has 1 aliphatic rings. The van der Waals surface area contributed by atoms with Gasteiger partial charge in [-0.05, 0) is 38.3 Å². The molecule has 0 aliphatic heterocycles. The van der Waals surface area contributed by atoms with E-state index in [4.69, 9.17) is 5.73 Å². The first-order valence-corrected chi connectivity index (χ1v) is 6.66. The fraction of sp³-hybridized carbons (Fsp3) is 0.500. The monoisotopic (exact) mass is 277 g/mol. The van der Waals surface area contributed by atoms with Crippen molar-refractivity contribution >= 4 is 17.3 Å². The van der Waals surface area contributed by atoms with Crippen LogP contribution >= 0.6 is 0 Å². The molecule has 1 aromatic carbocycles. The topological polar surface area (TPSA) is 98.3 Å². The SMILES string of the molecule is Cc1ccc([N+](=O)[O-])c(NC(=O)C2(C)CCCC2N)c1. The first-order chi connectivity index (χ1) is 9.34. The first-order valence-electron chi connectivity index (χ1n) is 6.66. The highest BCUT2D eigenvalue weighted by Gasteiger charge is 2.43. The van der Waals surface area contributed by atoms with Crippen molar-refractivity contribution in [3.05, 3.63) is 33.9 Å². The predicted octanol–water partition coefficient (Wildman–Crippen LogP) is 2.36. The Bertz CT molecular complexity index is 559. The van der Waals surface area contributed by atoms with Crippen LogP contribution in [0.4, 0.5) is 11.4 Å². The third kappa shape index (κ3) is 2.51. The summed E-state index contributed by atoms with van der Waals surface area (Å²) in [5.41, 5.74) is 6.34. The molecular weight excluding hydrogens is 258 g/mol. The molecule has 1 fully saturated rings. The van der Waals surface area contributed by atoms with Gasteiger partial charge in [-0.3, -0.25) is 14.9 Å². The van der Waals surface area contributed by atoms with Gasteiger partial charge in [0.2, 0.25) is 5.91 Å². The summed E-state index contributed by atoms with van der Waals surface area (Å²) in [4.78, 5) is 22.9. The molecule has 0 radical (unpaired) electrons. The number of anilines is 1. The van der Waals surface area contributed by atoms with Crippen molar-refractivity contribution in [2.45, 2.75) is 39.2 Å². The highest BCUT2D eigenvalue weighted by Crippen LogP contribution is 2.38. The molecule has 2 unspecified atom stereocenters. The Kier molecular flexibility index (Phi) is 3.76. The van der Waals surface area contributed by atoms with E-state index in [0.717, 1.165) is 18.4 Å². The van der Waals surface area contributed by atoms with E-state index in [1.807, 2.05) is 13.8 Å². The van der Waals surface area contributed by atoms with Gasteiger partial charge in [0.15, 0.2) is 0 Å². The minimum absolute atomic E-state index is 0.0980. The minimum Gasteiger partial charge on any atom is -0.327 e. The van der Waals surface area contributed by atoms with Crippen LogP contribution in [0.15, 0.2) is 18.2 Å². The summed E-state index contributed by atoms with van der Waals surface area (Å²) < 4.78 is 0. The number of rotatable bonds is 3.